The number of nitrogens with one attached hydrogen (secondary N) is 1. The van der Waals surface area contributed by atoms with E-state index in [0.29, 0.717) is 30.2 Å². The molecule has 7 nitrogen and oxygen atoms in total. The molecule has 1 aromatic heterocycles. The second kappa shape index (κ2) is 9.96. The quantitative estimate of drug-likeness (QED) is 0.552. The SMILES string of the molecule is C[C@H](CCNC(=O)Cn1c(=O)c(=O)n(Cc2ccccc2)c2ccccc21)N1CCCC1. The zero-order valence-electron chi connectivity index (χ0n) is 18.5. The molecule has 0 saturated carbocycles. The topological polar surface area (TPSA) is 76.3 Å². The van der Waals surface area contributed by atoms with E-state index in [4.69, 9.17) is 0 Å². The van der Waals surface area contributed by atoms with Crippen molar-refractivity contribution in [3.63, 3.8) is 0 Å². The minimum atomic E-state index is -0.680. The van der Waals surface area contributed by atoms with E-state index in [0.717, 1.165) is 25.1 Å². The van der Waals surface area contributed by atoms with E-state index in [1.165, 1.54) is 22.0 Å². The summed E-state index contributed by atoms with van der Waals surface area (Å²) >= 11 is 0. The van der Waals surface area contributed by atoms with Gasteiger partial charge in [0.05, 0.1) is 17.6 Å². The summed E-state index contributed by atoms with van der Waals surface area (Å²) in [5, 5.41) is 2.92. The summed E-state index contributed by atoms with van der Waals surface area (Å²) in [6.07, 6.45) is 3.34. The summed E-state index contributed by atoms with van der Waals surface area (Å²) in [5.41, 5.74) is 0.843. The third-order valence-corrected chi connectivity index (χ3v) is 6.27. The molecule has 2 aromatic carbocycles. The Labute approximate surface area is 187 Å². The fraction of sp³-hybridized carbons (Fsp3) is 0.400. The van der Waals surface area contributed by atoms with Crippen molar-refractivity contribution in [1.29, 1.82) is 0 Å². The molecule has 1 amide bonds. The average molecular weight is 435 g/mol. The average Bonchev–Trinajstić information content (AvgIpc) is 3.35. The first-order chi connectivity index (χ1) is 15.5. The molecule has 0 spiro atoms. The number of para-hydroxylation sites is 2. The molecule has 32 heavy (non-hydrogen) atoms. The van der Waals surface area contributed by atoms with Gasteiger partial charge in [0.15, 0.2) is 0 Å². The Morgan fingerprint density at radius 2 is 1.50 bits per heavy atom. The van der Waals surface area contributed by atoms with Crippen molar-refractivity contribution < 1.29 is 4.79 Å². The van der Waals surface area contributed by atoms with Crippen LogP contribution in [-0.4, -0.2) is 45.6 Å². The Hall–Kier alpha value is -3.19. The van der Waals surface area contributed by atoms with Crippen LogP contribution in [0.1, 0.15) is 31.7 Å². The van der Waals surface area contributed by atoms with E-state index in [1.807, 2.05) is 48.5 Å². The van der Waals surface area contributed by atoms with Crippen LogP contribution in [0.3, 0.4) is 0 Å². The van der Waals surface area contributed by atoms with Crippen molar-refractivity contribution in [2.24, 2.45) is 0 Å². The predicted molar refractivity (Wildman–Crippen MR) is 126 cm³/mol. The summed E-state index contributed by atoms with van der Waals surface area (Å²) in [6.45, 7) is 5.11. The lowest BCUT2D eigenvalue weighted by Gasteiger charge is -2.23. The first-order valence-electron chi connectivity index (χ1n) is 11.3. The first kappa shape index (κ1) is 22.0. The van der Waals surface area contributed by atoms with Gasteiger partial charge in [-0.15, -0.1) is 0 Å². The standard InChI is InChI=1S/C25H30N4O3/c1-19(27-15-7-8-16-27)13-14-26-23(30)18-29-22-12-6-5-11-21(22)28(24(31)25(29)32)17-20-9-3-2-4-10-20/h2-6,9-12,19H,7-8,13-18H2,1H3,(H,26,30)/t19-/m1/s1. The molecule has 3 aromatic rings. The zero-order valence-corrected chi connectivity index (χ0v) is 18.5. The highest BCUT2D eigenvalue weighted by Gasteiger charge is 2.18. The van der Waals surface area contributed by atoms with Gasteiger partial charge in [-0.1, -0.05) is 42.5 Å². The molecule has 1 fully saturated rings. The van der Waals surface area contributed by atoms with Crippen LogP contribution in [0.25, 0.3) is 11.0 Å². The Balaban J connectivity index is 1.52. The Kier molecular flexibility index (Phi) is 6.85. The van der Waals surface area contributed by atoms with Crippen LogP contribution in [0.4, 0.5) is 0 Å². The molecular weight excluding hydrogens is 404 g/mol. The molecule has 4 rings (SSSR count). The third kappa shape index (κ3) is 4.83. The normalized spacial score (nSPS) is 15.2. The molecule has 1 atom stereocenters. The molecule has 0 bridgehead atoms. The highest BCUT2D eigenvalue weighted by atomic mass is 16.2. The summed E-state index contributed by atoms with van der Waals surface area (Å²) in [7, 11) is 0. The summed E-state index contributed by atoms with van der Waals surface area (Å²) in [6, 6.07) is 17.2. The van der Waals surface area contributed by atoms with Gasteiger partial charge in [0.1, 0.15) is 6.54 Å². The molecule has 7 heteroatoms. The minimum absolute atomic E-state index is 0.168. The fourth-order valence-corrected chi connectivity index (χ4v) is 4.44. The molecule has 1 saturated heterocycles. The van der Waals surface area contributed by atoms with Crippen molar-refractivity contribution in [1.82, 2.24) is 19.4 Å². The van der Waals surface area contributed by atoms with E-state index in [9.17, 15) is 14.4 Å². The molecular formula is C25H30N4O3. The maximum atomic E-state index is 12.9. The molecule has 0 aliphatic carbocycles. The molecule has 2 heterocycles. The van der Waals surface area contributed by atoms with Gasteiger partial charge in [0.2, 0.25) is 5.91 Å². The van der Waals surface area contributed by atoms with E-state index in [2.05, 4.69) is 17.1 Å². The van der Waals surface area contributed by atoms with Crippen LogP contribution in [0.5, 0.6) is 0 Å². The zero-order chi connectivity index (χ0) is 22.5. The lowest BCUT2D eigenvalue weighted by molar-refractivity contribution is -0.121. The number of likely N-dealkylation sites (tertiary alicyclic amines) is 1. The molecule has 1 N–H and O–H groups in total. The van der Waals surface area contributed by atoms with Gasteiger partial charge in [-0.3, -0.25) is 23.5 Å². The van der Waals surface area contributed by atoms with E-state index in [1.54, 1.807) is 6.07 Å². The van der Waals surface area contributed by atoms with Gasteiger partial charge in [0.25, 0.3) is 0 Å². The first-order valence-corrected chi connectivity index (χ1v) is 11.3. The van der Waals surface area contributed by atoms with Gasteiger partial charge < -0.3 is 10.2 Å². The molecule has 1 aliphatic heterocycles. The summed E-state index contributed by atoms with van der Waals surface area (Å²) < 4.78 is 2.78. The largest absolute Gasteiger partial charge is 0.354 e. The molecule has 0 radical (unpaired) electrons. The number of carbonyl (C=O) groups is 1. The van der Waals surface area contributed by atoms with Crippen LogP contribution in [0.2, 0.25) is 0 Å². The van der Waals surface area contributed by atoms with Gasteiger partial charge in [-0.25, -0.2) is 0 Å². The number of carbonyl (C=O) groups excluding carboxylic acids is 1. The van der Waals surface area contributed by atoms with Crippen LogP contribution < -0.4 is 16.4 Å². The Bertz CT molecular complexity index is 1190. The molecule has 1 aliphatic rings. The Morgan fingerprint density at radius 3 is 2.19 bits per heavy atom. The lowest BCUT2D eigenvalue weighted by atomic mass is 10.2. The second-order valence-electron chi connectivity index (χ2n) is 8.49. The van der Waals surface area contributed by atoms with E-state index in [-0.39, 0.29) is 12.5 Å². The number of hydrogen-bond acceptors (Lipinski definition) is 4. The number of fused-ring (bicyclic) bond motifs is 1. The van der Waals surface area contributed by atoms with Crippen LogP contribution >= 0.6 is 0 Å². The number of benzene rings is 2. The molecule has 168 valence electrons. The summed E-state index contributed by atoms with van der Waals surface area (Å²) in [4.78, 5) is 40.9. The van der Waals surface area contributed by atoms with E-state index < -0.39 is 11.1 Å². The van der Waals surface area contributed by atoms with E-state index >= 15 is 0 Å². The predicted octanol–water partition coefficient (Wildman–Crippen LogP) is 2.20. The van der Waals surface area contributed by atoms with Crippen molar-refractivity contribution >= 4 is 16.9 Å². The summed E-state index contributed by atoms with van der Waals surface area (Å²) in [5.74, 6) is -0.258. The highest BCUT2D eigenvalue weighted by Crippen LogP contribution is 2.14. The van der Waals surface area contributed by atoms with Crippen LogP contribution in [0, 0.1) is 0 Å². The number of hydrogen-bond donors (Lipinski definition) is 1. The van der Waals surface area contributed by atoms with Crippen molar-refractivity contribution in [2.45, 2.75) is 45.3 Å². The van der Waals surface area contributed by atoms with Crippen molar-refractivity contribution in [3.8, 4) is 0 Å². The number of aromatic nitrogens is 2. The maximum absolute atomic E-state index is 12.9. The highest BCUT2D eigenvalue weighted by molar-refractivity contribution is 5.80. The Morgan fingerprint density at radius 1 is 0.906 bits per heavy atom. The van der Waals surface area contributed by atoms with Crippen LogP contribution in [0.15, 0.2) is 64.2 Å². The number of amides is 1. The molecule has 0 unspecified atom stereocenters. The van der Waals surface area contributed by atoms with Crippen LogP contribution in [-0.2, 0) is 17.9 Å². The lowest BCUT2D eigenvalue weighted by Crippen LogP contribution is -2.44. The third-order valence-electron chi connectivity index (χ3n) is 6.27. The number of nitrogens with zero attached hydrogens (tertiary/aromatic N) is 3. The van der Waals surface area contributed by atoms with Crippen molar-refractivity contribution in [3.05, 3.63) is 80.9 Å². The fourth-order valence-electron chi connectivity index (χ4n) is 4.44. The van der Waals surface area contributed by atoms with Gasteiger partial charge in [0, 0.05) is 12.6 Å². The maximum Gasteiger partial charge on any atom is 0.317 e. The van der Waals surface area contributed by atoms with Gasteiger partial charge in [-0.05, 0) is 57.0 Å². The van der Waals surface area contributed by atoms with Gasteiger partial charge in [-0.2, -0.15) is 0 Å². The minimum Gasteiger partial charge on any atom is -0.354 e. The van der Waals surface area contributed by atoms with Crippen molar-refractivity contribution in [2.75, 3.05) is 19.6 Å². The van der Waals surface area contributed by atoms with Gasteiger partial charge >= 0.3 is 11.1 Å². The number of rotatable bonds is 8. The second-order valence-corrected chi connectivity index (χ2v) is 8.49. The monoisotopic (exact) mass is 434 g/mol. The smallest absolute Gasteiger partial charge is 0.317 e.